The SMILES string of the molecule is NC(=O)[C@@H]1O[C@H](CO)[C@@H](O)[C@H](O)[C@@]1(O)CCCC(C(=O)OCc1ccccc1)C(=O)OCc1ccccc1. The van der Waals surface area contributed by atoms with Crippen molar-refractivity contribution in [3.05, 3.63) is 71.8 Å². The Morgan fingerprint density at radius 2 is 1.42 bits per heavy atom. The number of benzene rings is 2. The molecule has 38 heavy (non-hydrogen) atoms. The van der Waals surface area contributed by atoms with E-state index in [4.69, 9.17) is 19.9 Å². The summed E-state index contributed by atoms with van der Waals surface area (Å²) in [4.78, 5) is 37.8. The smallest absolute Gasteiger partial charge is 0.320 e. The van der Waals surface area contributed by atoms with Crippen molar-refractivity contribution in [2.24, 2.45) is 11.7 Å². The zero-order chi connectivity index (χ0) is 27.7. The molecule has 2 aromatic rings. The van der Waals surface area contributed by atoms with Crippen LogP contribution in [0.4, 0.5) is 0 Å². The molecule has 2 aromatic carbocycles. The molecule has 11 heteroatoms. The van der Waals surface area contributed by atoms with E-state index in [1.54, 1.807) is 48.5 Å². The summed E-state index contributed by atoms with van der Waals surface area (Å²) >= 11 is 0. The topological polar surface area (TPSA) is 186 Å². The van der Waals surface area contributed by atoms with Crippen molar-refractivity contribution < 1.29 is 49.0 Å². The van der Waals surface area contributed by atoms with E-state index in [0.29, 0.717) is 11.1 Å². The highest BCUT2D eigenvalue weighted by Gasteiger charge is 2.56. The number of nitrogens with two attached hydrogens (primary N) is 1. The zero-order valence-corrected chi connectivity index (χ0v) is 20.7. The Kier molecular flexibility index (Phi) is 10.3. The fraction of sp³-hybridized carbons (Fsp3) is 0.444. The van der Waals surface area contributed by atoms with Crippen molar-refractivity contribution in [3.8, 4) is 0 Å². The molecule has 6 N–H and O–H groups in total. The Labute approximate surface area is 219 Å². The molecule has 0 saturated carbocycles. The fourth-order valence-electron chi connectivity index (χ4n) is 4.35. The lowest BCUT2D eigenvalue weighted by Crippen LogP contribution is -2.69. The number of carbonyl (C=O) groups is 3. The van der Waals surface area contributed by atoms with Crippen molar-refractivity contribution in [1.29, 1.82) is 0 Å². The number of aliphatic hydroxyl groups excluding tert-OH is 3. The summed E-state index contributed by atoms with van der Waals surface area (Å²) in [5.41, 5.74) is 4.44. The minimum Gasteiger partial charge on any atom is -0.460 e. The molecule has 3 rings (SSSR count). The Balaban J connectivity index is 1.70. The molecule has 0 bridgehead atoms. The Morgan fingerprint density at radius 3 is 1.87 bits per heavy atom. The van der Waals surface area contributed by atoms with Gasteiger partial charge < -0.3 is 40.4 Å². The standard InChI is InChI=1S/C27H33NO10/c28-24(32)23-27(35,22(31)21(30)20(14-29)38-23)13-7-12-19(25(33)36-15-17-8-3-1-4-9-17)26(34)37-16-18-10-5-2-6-11-18/h1-6,8-11,19-23,29-31,35H,7,12-16H2,(H2,28,32)/t20-,21-,22+,23+,27+/m1/s1. The molecule has 5 atom stereocenters. The third kappa shape index (κ3) is 7.15. The average molecular weight is 532 g/mol. The van der Waals surface area contributed by atoms with Crippen LogP contribution in [-0.4, -0.2) is 74.9 Å². The number of primary amides is 1. The van der Waals surface area contributed by atoms with Crippen LogP contribution in [0.2, 0.25) is 0 Å². The lowest BCUT2D eigenvalue weighted by molar-refractivity contribution is -0.269. The molecular formula is C27H33NO10. The molecule has 0 aromatic heterocycles. The van der Waals surface area contributed by atoms with E-state index >= 15 is 0 Å². The van der Waals surface area contributed by atoms with Crippen LogP contribution in [-0.2, 0) is 41.8 Å². The molecule has 1 aliphatic heterocycles. The summed E-state index contributed by atoms with van der Waals surface area (Å²) in [6.45, 7) is -0.866. The predicted octanol–water partition coefficient (Wildman–Crippen LogP) is -0.0424. The summed E-state index contributed by atoms with van der Waals surface area (Å²) in [5.74, 6) is -4.16. The number of aliphatic hydroxyl groups is 4. The molecule has 1 amide bonds. The number of esters is 2. The zero-order valence-electron chi connectivity index (χ0n) is 20.7. The first kappa shape index (κ1) is 29.2. The minimum absolute atomic E-state index is 0.0723. The first-order chi connectivity index (χ1) is 18.2. The number of hydrogen-bond acceptors (Lipinski definition) is 10. The summed E-state index contributed by atoms with van der Waals surface area (Å²) in [5, 5.41) is 41.2. The van der Waals surface area contributed by atoms with Gasteiger partial charge in [0.15, 0.2) is 12.0 Å². The Morgan fingerprint density at radius 1 is 0.921 bits per heavy atom. The van der Waals surface area contributed by atoms with Gasteiger partial charge in [0.05, 0.1) is 6.61 Å². The largest absolute Gasteiger partial charge is 0.460 e. The fourth-order valence-corrected chi connectivity index (χ4v) is 4.35. The summed E-state index contributed by atoms with van der Waals surface area (Å²) < 4.78 is 15.9. The van der Waals surface area contributed by atoms with Crippen LogP contribution in [0.3, 0.4) is 0 Å². The van der Waals surface area contributed by atoms with Gasteiger partial charge in [-0.15, -0.1) is 0 Å². The van der Waals surface area contributed by atoms with Gasteiger partial charge in [0.1, 0.15) is 37.1 Å². The first-order valence-electron chi connectivity index (χ1n) is 12.2. The van der Waals surface area contributed by atoms with E-state index in [9.17, 15) is 34.8 Å². The summed E-state index contributed by atoms with van der Waals surface area (Å²) in [6.07, 6.45) is -7.29. The maximum atomic E-state index is 12.9. The van der Waals surface area contributed by atoms with Crippen molar-refractivity contribution in [2.75, 3.05) is 6.61 Å². The number of hydrogen-bond donors (Lipinski definition) is 5. The number of carbonyl (C=O) groups excluding carboxylic acids is 3. The number of amides is 1. The van der Waals surface area contributed by atoms with E-state index in [0.717, 1.165) is 0 Å². The monoisotopic (exact) mass is 531 g/mol. The van der Waals surface area contributed by atoms with Crippen molar-refractivity contribution in [1.82, 2.24) is 0 Å². The maximum Gasteiger partial charge on any atom is 0.320 e. The molecule has 0 unspecified atom stereocenters. The van der Waals surface area contributed by atoms with Crippen LogP contribution in [0.25, 0.3) is 0 Å². The summed E-state index contributed by atoms with van der Waals surface area (Å²) in [6, 6.07) is 17.7. The third-order valence-electron chi connectivity index (χ3n) is 6.51. The lowest BCUT2D eigenvalue weighted by atomic mass is 9.78. The van der Waals surface area contributed by atoms with E-state index in [1.807, 2.05) is 12.1 Å². The Hall–Kier alpha value is -3.35. The van der Waals surface area contributed by atoms with E-state index in [1.165, 1.54) is 0 Å². The van der Waals surface area contributed by atoms with Crippen LogP contribution in [0.1, 0.15) is 30.4 Å². The van der Waals surface area contributed by atoms with Crippen LogP contribution in [0.5, 0.6) is 0 Å². The molecule has 1 aliphatic rings. The average Bonchev–Trinajstić information content (AvgIpc) is 2.92. The highest BCUT2D eigenvalue weighted by Crippen LogP contribution is 2.34. The molecule has 1 saturated heterocycles. The van der Waals surface area contributed by atoms with Gasteiger partial charge in [-0.2, -0.15) is 0 Å². The van der Waals surface area contributed by atoms with Crippen LogP contribution in [0, 0.1) is 5.92 Å². The van der Waals surface area contributed by atoms with Crippen LogP contribution in [0.15, 0.2) is 60.7 Å². The second-order valence-electron chi connectivity index (χ2n) is 9.20. The van der Waals surface area contributed by atoms with E-state index < -0.39 is 60.4 Å². The van der Waals surface area contributed by atoms with Crippen LogP contribution < -0.4 is 5.73 Å². The lowest BCUT2D eigenvalue weighted by Gasteiger charge is -2.47. The van der Waals surface area contributed by atoms with Gasteiger partial charge in [-0.1, -0.05) is 60.7 Å². The van der Waals surface area contributed by atoms with Crippen molar-refractivity contribution >= 4 is 17.8 Å². The molecule has 0 spiro atoms. The number of ether oxygens (including phenoxy) is 3. The van der Waals surface area contributed by atoms with Crippen molar-refractivity contribution in [2.45, 2.75) is 62.5 Å². The van der Waals surface area contributed by atoms with Gasteiger partial charge in [-0.05, 0) is 30.4 Å². The van der Waals surface area contributed by atoms with Gasteiger partial charge in [0.2, 0.25) is 5.91 Å². The molecular weight excluding hydrogens is 498 g/mol. The highest BCUT2D eigenvalue weighted by atomic mass is 16.6. The maximum absolute atomic E-state index is 12.9. The van der Waals surface area contributed by atoms with Crippen LogP contribution >= 0.6 is 0 Å². The normalized spacial score (nSPS) is 25.1. The van der Waals surface area contributed by atoms with Gasteiger partial charge in [0, 0.05) is 0 Å². The summed E-state index contributed by atoms with van der Waals surface area (Å²) in [7, 11) is 0. The molecule has 1 heterocycles. The molecule has 0 radical (unpaired) electrons. The van der Waals surface area contributed by atoms with E-state index in [-0.39, 0.29) is 32.5 Å². The predicted molar refractivity (Wildman–Crippen MR) is 132 cm³/mol. The van der Waals surface area contributed by atoms with Gasteiger partial charge in [0.25, 0.3) is 0 Å². The van der Waals surface area contributed by atoms with Gasteiger partial charge in [-0.3, -0.25) is 14.4 Å². The highest BCUT2D eigenvalue weighted by molar-refractivity contribution is 5.94. The second kappa shape index (κ2) is 13.4. The quantitative estimate of drug-likeness (QED) is 0.184. The molecule has 1 fully saturated rings. The van der Waals surface area contributed by atoms with Gasteiger partial charge >= 0.3 is 11.9 Å². The number of rotatable bonds is 12. The van der Waals surface area contributed by atoms with Crippen molar-refractivity contribution in [3.63, 3.8) is 0 Å². The second-order valence-corrected chi connectivity index (χ2v) is 9.20. The molecule has 11 nitrogen and oxygen atoms in total. The molecule has 206 valence electrons. The van der Waals surface area contributed by atoms with E-state index in [2.05, 4.69) is 0 Å². The molecule has 0 aliphatic carbocycles. The third-order valence-corrected chi connectivity index (χ3v) is 6.51. The minimum atomic E-state index is -2.33. The Bertz CT molecular complexity index is 1010. The van der Waals surface area contributed by atoms with Gasteiger partial charge in [-0.25, -0.2) is 0 Å². The first-order valence-corrected chi connectivity index (χ1v) is 12.2.